The summed E-state index contributed by atoms with van der Waals surface area (Å²) in [6, 6.07) is 10.5. The van der Waals surface area contributed by atoms with Crippen LogP contribution in [0.5, 0.6) is 0 Å². The van der Waals surface area contributed by atoms with Gasteiger partial charge in [-0.05, 0) is 77.1 Å². The molecule has 0 atom stereocenters. The maximum absolute atomic E-state index is 3.77. The molecular formula is C21H26Br2SSi. The van der Waals surface area contributed by atoms with Crippen molar-refractivity contribution in [1.29, 1.82) is 0 Å². The molecular weight excluding hydrogens is 472 g/mol. The Morgan fingerprint density at radius 1 is 0.840 bits per heavy atom. The Morgan fingerprint density at radius 2 is 1.40 bits per heavy atom. The van der Waals surface area contributed by atoms with Crippen molar-refractivity contribution in [3.05, 3.63) is 49.7 Å². The van der Waals surface area contributed by atoms with Crippen molar-refractivity contribution in [3.8, 4) is 11.8 Å². The average Bonchev–Trinajstić information content (AvgIpc) is 2.87. The van der Waals surface area contributed by atoms with Crippen LogP contribution >= 0.6 is 43.2 Å². The third-order valence-electron chi connectivity index (χ3n) is 5.16. The second-order valence-corrected chi connectivity index (χ2v) is 16.4. The summed E-state index contributed by atoms with van der Waals surface area (Å²) in [5.74, 6) is 6.71. The fourth-order valence-corrected chi connectivity index (χ4v) is 15.4. The van der Waals surface area contributed by atoms with Crippen molar-refractivity contribution >= 4 is 55.8 Å². The highest BCUT2D eigenvalue weighted by atomic mass is 79.9. The molecule has 0 bridgehead atoms. The molecule has 25 heavy (non-hydrogen) atoms. The smallest absolute Gasteiger partial charge is 0.107 e. The topological polar surface area (TPSA) is 0 Å². The summed E-state index contributed by atoms with van der Waals surface area (Å²) < 4.78 is 3.77. The van der Waals surface area contributed by atoms with Crippen LogP contribution in [0, 0.1) is 11.8 Å². The quantitative estimate of drug-likeness (QED) is 0.302. The Balaban J connectivity index is 2.51. The maximum Gasteiger partial charge on any atom is 0.107 e. The first-order valence-electron chi connectivity index (χ1n) is 8.77. The first kappa shape index (κ1) is 21.0. The first-order valence-corrected chi connectivity index (χ1v) is 13.4. The van der Waals surface area contributed by atoms with E-state index < -0.39 is 8.07 Å². The van der Waals surface area contributed by atoms with Crippen LogP contribution in [-0.2, 0) is 0 Å². The number of halogens is 2. The number of thiophene rings is 1. The van der Waals surface area contributed by atoms with Crippen LogP contribution in [0.25, 0.3) is 0 Å². The van der Waals surface area contributed by atoms with E-state index in [4.69, 9.17) is 0 Å². The molecule has 0 spiro atoms. The lowest BCUT2D eigenvalue weighted by molar-refractivity contribution is 0.837. The van der Waals surface area contributed by atoms with Crippen LogP contribution < -0.4 is 4.50 Å². The van der Waals surface area contributed by atoms with Gasteiger partial charge >= 0.3 is 0 Å². The SMILES string of the molecule is CC(C)[Si](c1cc(Br)c(C#Cc2ccccc2Br)s1)(C(C)C)C(C)C. The van der Waals surface area contributed by atoms with Gasteiger partial charge in [0.1, 0.15) is 8.07 Å². The van der Waals surface area contributed by atoms with Crippen molar-refractivity contribution in [2.24, 2.45) is 0 Å². The molecule has 0 aliphatic heterocycles. The molecule has 1 aromatic carbocycles. The third-order valence-corrected chi connectivity index (χ3v) is 15.7. The molecule has 134 valence electrons. The van der Waals surface area contributed by atoms with E-state index in [-0.39, 0.29) is 0 Å². The van der Waals surface area contributed by atoms with E-state index in [0.29, 0.717) is 16.6 Å². The standard InChI is InChI=1S/C21H26Br2SSi/c1-14(2)25(15(3)4,16(5)6)21-13-19(23)20(24-21)12-11-17-9-7-8-10-18(17)22/h7-10,13-16H,1-6H3. The van der Waals surface area contributed by atoms with Crippen molar-refractivity contribution < 1.29 is 0 Å². The second-order valence-electron chi connectivity index (χ2n) is 7.41. The van der Waals surface area contributed by atoms with E-state index >= 15 is 0 Å². The van der Waals surface area contributed by atoms with Gasteiger partial charge in [-0.25, -0.2) is 0 Å². The molecule has 0 aliphatic carbocycles. The van der Waals surface area contributed by atoms with Crippen molar-refractivity contribution in [2.75, 3.05) is 0 Å². The highest BCUT2D eigenvalue weighted by Crippen LogP contribution is 2.43. The summed E-state index contributed by atoms with van der Waals surface area (Å²) in [5.41, 5.74) is 3.16. The van der Waals surface area contributed by atoms with Gasteiger partial charge in [0.25, 0.3) is 0 Å². The van der Waals surface area contributed by atoms with E-state index in [9.17, 15) is 0 Å². The van der Waals surface area contributed by atoms with Gasteiger partial charge in [0.2, 0.25) is 0 Å². The molecule has 0 aliphatic rings. The first-order chi connectivity index (χ1) is 11.7. The Labute approximate surface area is 174 Å². The number of benzene rings is 1. The summed E-state index contributed by atoms with van der Waals surface area (Å²) in [5, 5.41) is 0. The van der Waals surface area contributed by atoms with Crippen molar-refractivity contribution in [1.82, 2.24) is 0 Å². The highest BCUT2D eigenvalue weighted by Gasteiger charge is 2.45. The van der Waals surface area contributed by atoms with E-state index in [2.05, 4.69) is 97.4 Å². The van der Waals surface area contributed by atoms with Gasteiger partial charge in [-0.15, -0.1) is 11.3 Å². The molecule has 0 fully saturated rings. The predicted molar refractivity (Wildman–Crippen MR) is 123 cm³/mol. The fraction of sp³-hybridized carbons (Fsp3) is 0.429. The highest BCUT2D eigenvalue weighted by molar-refractivity contribution is 9.10. The lowest BCUT2D eigenvalue weighted by atomic mass is 10.2. The summed E-state index contributed by atoms with van der Waals surface area (Å²) >= 11 is 9.25. The van der Waals surface area contributed by atoms with Crippen LogP contribution in [-0.4, -0.2) is 8.07 Å². The number of hydrogen-bond acceptors (Lipinski definition) is 1. The third kappa shape index (κ3) is 4.16. The van der Waals surface area contributed by atoms with Gasteiger partial charge in [0, 0.05) is 14.5 Å². The van der Waals surface area contributed by atoms with E-state index in [0.717, 1.165) is 19.4 Å². The zero-order chi connectivity index (χ0) is 18.8. The molecule has 1 heterocycles. The van der Waals surface area contributed by atoms with Gasteiger partial charge in [-0.1, -0.05) is 59.6 Å². The zero-order valence-corrected chi connectivity index (χ0v) is 20.8. The molecule has 0 unspecified atom stereocenters. The van der Waals surface area contributed by atoms with Gasteiger partial charge in [0.15, 0.2) is 0 Å². The summed E-state index contributed by atoms with van der Waals surface area (Å²) in [6.45, 7) is 14.5. The number of rotatable bonds is 4. The Bertz CT molecular complexity index is 772. The lowest BCUT2D eigenvalue weighted by Gasteiger charge is -2.42. The molecule has 2 rings (SSSR count). The summed E-state index contributed by atoms with van der Waals surface area (Å²) in [7, 11) is -1.62. The van der Waals surface area contributed by atoms with Crippen LogP contribution in [0.4, 0.5) is 0 Å². The summed E-state index contributed by atoms with van der Waals surface area (Å²) in [6.07, 6.45) is 0. The molecule has 0 N–H and O–H groups in total. The molecule has 2 aromatic rings. The van der Waals surface area contributed by atoms with Gasteiger partial charge in [-0.3, -0.25) is 0 Å². The Hall–Kier alpha value is -0.343. The largest absolute Gasteiger partial charge is 0.135 e. The average molecular weight is 498 g/mol. The van der Waals surface area contributed by atoms with Gasteiger partial charge in [0.05, 0.1) is 4.88 Å². The van der Waals surface area contributed by atoms with Crippen molar-refractivity contribution in [2.45, 2.75) is 58.2 Å². The second kappa shape index (κ2) is 8.56. The molecule has 4 heteroatoms. The minimum Gasteiger partial charge on any atom is -0.135 e. The Morgan fingerprint density at radius 3 is 1.92 bits per heavy atom. The lowest BCUT2D eigenvalue weighted by Crippen LogP contribution is -2.54. The van der Waals surface area contributed by atoms with Crippen LogP contribution in [0.1, 0.15) is 52.0 Å². The Kier molecular flexibility index (Phi) is 7.18. The molecule has 0 nitrogen and oxygen atoms in total. The molecule has 0 radical (unpaired) electrons. The van der Waals surface area contributed by atoms with Crippen molar-refractivity contribution in [3.63, 3.8) is 0 Å². The monoisotopic (exact) mass is 496 g/mol. The number of hydrogen-bond donors (Lipinski definition) is 0. The fourth-order valence-electron chi connectivity index (χ4n) is 4.21. The van der Waals surface area contributed by atoms with Crippen LogP contribution in [0.2, 0.25) is 16.6 Å². The van der Waals surface area contributed by atoms with Crippen LogP contribution in [0.3, 0.4) is 0 Å². The molecule has 0 saturated heterocycles. The zero-order valence-electron chi connectivity index (χ0n) is 15.8. The minimum absolute atomic E-state index is 0.710. The summed E-state index contributed by atoms with van der Waals surface area (Å²) in [4.78, 5) is 1.14. The van der Waals surface area contributed by atoms with E-state index in [1.165, 1.54) is 0 Å². The maximum atomic E-state index is 3.77. The van der Waals surface area contributed by atoms with Gasteiger partial charge < -0.3 is 0 Å². The van der Waals surface area contributed by atoms with Gasteiger partial charge in [-0.2, -0.15) is 0 Å². The normalized spacial score (nSPS) is 12.0. The molecule has 1 aromatic heterocycles. The van der Waals surface area contributed by atoms with E-state index in [1.54, 1.807) is 4.50 Å². The predicted octanol–water partition coefficient (Wildman–Crippen LogP) is 7.56. The molecule has 0 amide bonds. The van der Waals surface area contributed by atoms with Crippen LogP contribution in [0.15, 0.2) is 39.3 Å². The van der Waals surface area contributed by atoms with E-state index in [1.807, 2.05) is 29.5 Å². The minimum atomic E-state index is -1.62. The molecule has 0 saturated carbocycles.